The Labute approximate surface area is 214 Å². The third-order valence-electron chi connectivity index (χ3n) is 5.19. The summed E-state index contributed by atoms with van der Waals surface area (Å²) in [6.45, 7) is 13.0. The molecule has 1 aromatic rings. The Morgan fingerprint density at radius 1 is 1.17 bits per heavy atom. The molecule has 2 atom stereocenters. The van der Waals surface area contributed by atoms with E-state index in [2.05, 4.69) is 10.6 Å². The minimum atomic E-state index is -1.05. The monoisotopic (exact) mass is 509 g/mol. The van der Waals surface area contributed by atoms with E-state index in [1.807, 2.05) is 27.0 Å². The van der Waals surface area contributed by atoms with Crippen LogP contribution < -0.4 is 10.6 Å². The average Bonchev–Trinajstić information content (AvgIpc) is 2.74. The maximum absolute atomic E-state index is 13.9. The molecule has 2 unspecified atom stereocenters. The van der Waals surface area contributed by atoms with E-state index in [9.17, 15) is 19.5 Å². The van der Waals surface area contributed by atoms with Crippen molar-refractivity contribution >= 4 is 29.7 Å². The Balaban J connectivity index is 3.50. The van der Waals surface area contributed by atoms with Gasteiger partial charge in [0.15, 0.2) is 0 Å². The van der Waals surface area contributed by atoms with E-state index in [0.29, 0.717) is 36.3 Å². The molecule has 0 radical (unpaired) electrons. The van der Waals surface area contributed by atoms with E-state index in [1.54, 1.807) is 57.7 Å². The van der Waals surface area contributed by atoms with Gasteiger partial charge in [-0.05, 0) is 72.0 Å². The van der Waals surface area contributed by atoms with Gasteiger partial charge < -0.3 is 25.4 Å². The van der Waals surface area contributed by atoms with Crippen LogP contribution in [0.1, 0.15) is 78.0 Å². The number of hydrogen-bond acceptors (Lipinski definition) is 6. The van der Waals surface area contributed by atoms with E-state index < -0.39 is 23.8 Å². The largest absolute Gasteiger partial charge is 0.507 e. The summed E-state index contributed by atoms with van der Waals surface area (Å²) in [4.78, 5) is 41.4. The standard InChI is InChI=1S/C26H43N3O5S/c1-9-10-15-29(24(32)20(14-16-35-8)28-25(33)34-26(5,6)7)21(23(31)27-17(2)3)19-13-11-12-18(4)22(19)30/h11-13,17,20-21,30H,9-10,14-16H2,1-8H3,(H,27,31)(H,28,33). The zero-order chi connectivity index (χ0) is 26.8. The number of phenolic OH excluding ortho intramolecular Hbond substituents is 1. The number of rotatable bonds is 12. The minimum Gasteiger partial charge on any atom is -0.507 e. The van der Waals surface area contributed by atoms with Gasteiger partial charge in [0.2, 0.25) is 11.8 Å². The molecule has 0 aliphatic carbocycles. The lowest BCUT2D eigenvalue weighted by Crippen LogP contribution is -2.54. The topological polar surface area (TPSA) is 108 Å². The summed E-state index contributed by atoms with van der Waals surface area (Å²) in [6, 6.07) is 3.08. The molecule has 0 saturated heterocycles. The Bertz CT molecular complexity index is 854. The molecule has 0 spiro atoms. The van der Waals surface area contributed by atoms with Crippen molar-refractivity contribution in [3.63, 3.8) is 0 Å². The van der Waals surface area contributed by atoms with Gasteiger partial charge in [0, 0.05) is 18.2 Å². The normalized spacial score (nSPS) is 13.2. The molecule has 0 aliphatic rings. The smallest absolute Gasteiger partial charge is 0.408 e. The van der Waals surface area contributed by atoms with E-state index in [1.165, 1.54) is 4.90 Å². The summed E-state index contributed by atoms with van der Waals surface area (Å²) in [7, 11) is 0. The number of carbonyl (C=O) groups is 3. The molecule has 9 heteroatoms. The second kappa shape index (κ2) is 14.2. The number of carbonyl (C=O) groups excluding carboxylic acids is 3. The van der Waals surface area contributed by atoms with Crippen LogP contribution in [-0.2, 0) is 14.3 Å². The van der Waals surface area contributed by atoms with Crippen molar-refractivity contribution in [2.24, 2.45) is 0 Å². The zero-order valence-corrected chi connectivity index (χ0v) is 23.3. The van der Waals surface area contributed by atoms with Crippen molar-refractivity contribution in [2.45, 2.75) is 91.5 Å². The second-order valence-corrected chi connectivity index (χ2v) is 10.9. The number of aryl methyl sites for hydroxylation is 1. The summed E-state index contributed by atoms with van der Waals surface area (Å²) in [5, 5.41) is 16.5. The Kier molecular flexibility index (Phi) is 12.4. The summed E-state index contributed by atoms with van der Waals surface area (Å²) in [5.41, 5.74) is 0.249. The van der Waals surface area contributed by atoms with Gasteiger partial charge in [-0.2, -0.15) is 11.8 Å². The number of hydrogen-bond donors (Lipinski definition) is 3. The van der Waals surface area contributed by atoms with Crippen LogP contribution in [0, 0.1) is 6.92 Å². The first kappa shape index (κ1) is 30.6. The van der Waals surface area contributed by atoms with Gasteiger partial charge in [-0.15, -0.1) is 0 Å². The number of amides is 3. The maximum Gasteiger partial charge on any atom is 0.408 e. The average molecular weight is 510 g/mol. The number of aromatic hydroxyl groups is 1. The molecular weight excluding hydrogens is 466 g/mol. The maximum atomic E-state index is 13.9. The zero-order valence-electron chi connectivity index (χ0n) is 22.4. The second-order valence-electron chi connectivity index (χ2n) is 9.94. The fraction of sp³-hybridized carbons (Fsp3) is 0.654. The van der Waals surface area contributed by atoms with Crippen molar-refractivity contribution < 1.29 is 24.2 Å². The molecule has 0 aromatic heterocycles. The van der Waals surface area contributed by atoms with Crippen LogP contribution in [0.4, 0.5) is 4.79 Å². The fourth-order valence-corrected chi connectivity index (χ4v) is 4.03. The Morgan fingerprint density at radius 3 is 2.37 bits per heavy atom. The van der Waals surface area contributed by atoms with Crippen molar-refractivity contribution in [3.8, 4) is 5.75 Å². The Hall–Kier alpha value is -2.42. The molecule has 8 nitrogen and oxygen atoms in total. The van der Waals surface area contributed by atoms with Gasteiger partial charge in [-0.3, -0.25) is 9.59 Å². The third kappa shape index (κ3) is 9.99. The van der Waals surface area contributed by atoms with Crippen LogP contribution >= 0.6 is 11.8 Å². The lowest BCUT2D eigenvalue weighted by Gasteiger charge is -2.35. The molecule has 1 rings (SSSR count). The van der Waals surface area contributed by atoms with Crippen LogP contribution in [0.2, 0.25) is 0 Å². The van der Waals surface area contributed by atoms with Crippen molar-refractivity contribution in [1.82, 2.24) is 15.5 Å². The van der Waals surface area contributed by atoms with Crippen LogP contribution in [0.5, 0.6) is 5.75 Å². The SMILES string of the molecule is CCCCN(C(=O)C(CCSC)NC(=O)OC(C)(C)C)C(C(=O)NC(C)C)c1cccc(C)c1O. The van der Waals surface area contributed by atoms with Gasteiger partial charge in [0.25, 0.3) is 0 Å². The van der Waals surface area contributed by atoms with Gasteiger partial charge in [-0.1, -0.05) is 31.5 Å². The number of para-hydroxylation sites is 1. The first-order chi connectivity index (χ1) is 16.3. The molecule has 0 fully saturated rings. The summed E-state index contributed by atoms with van der Waals surface area (Å²) < 4.78 is 5.39. The fourth-order valence-electron chi connectivity index (χ4n) is 3.55. The summed E-state index contributed by atoms with van der Waals surface area (Å²) >= 11 is 1.56. The quantitative estimate of drug-likeness (QED) is 0.382. The van der Waals surface area contributed by atoms with Gasteiger partial charge >= 0.3 is 6.09 Å². The molecule has 0 bridgehead atoms. The van der Waals surface area contributed by atoms with E-state index >= 15 is 0 Å². The first-order valence-electron chi connectivity index (χ1n) is 12.2. The number of alkyl carbamates (subject to hydrolysis) is 1. The van der Waals surface area contributed by atoms with Crippen LogP contribution in [0.25, 0.3) is 0 Å². The molecule has 198 valence electrons. The van der Waals surface area contributed by atoms with E-state index in [0.717, 1.165) is 6.42 Å². The number of unbranched alkanes of at least 4 members (excludes halogenated alkanes) is 1. The predicted octanol–water partition coefficient (Wildman–Crippen LogP) is 4.54. The number of thioether (sulfide) groups is 1. The Morgan fingerprint density at radius 2 is 1.83 bits per heavy atom. The van der Waals surface area contributed by atoms with E-state index in [-0.39, 0.29) is 23.6 Å². The third-order valence-corrected chi connectivity index (χ3v) is 5.83. The van der Waals surface area contributed by atoms with Crippen LogP contribution in [0.15, 0.2) is 18.2 Å². The number of nitrogens with one attached hydrogen (secondary N) is 2. The van der Waals surface area contributed by atoms with Crippen molar-refractivity contribution in [3.05, 3.63) is 29.3 Å². The number of nitrogens with zero attached hydrogens (tertiary/aromatic N) is 1. The highest BCUT2D eigenvalue weighted by Crippen LogP contribution is 2.32. The highest BCUT2D eigenvalue weighted by molar-refractivity contribution is 7.98. The molecule has 0 heterocycles. The molecule has 0 aliphatic heterocycles. The van der Waals surface area contributed by atoms with Gasteiger partial charge in [0.1, 0.15) is 23.4 Å². The van der Waals surface area contributed by atoms with Crippen molar-refractivity contribution in [1.29, 1.82) is 0 Å². The molecular formula is C26H43N3O5S. The summed E-state index contributed by atoms with van der Waals surface area (Å²) in [6.07, 6.45) is 3.07. The van der Waals surface area contributed by atoms with Crippen LogP contribution in [-0.4, -0.2) is 64.2 Å². The highest BCUT2D eigenvalue weighted by Gasteiger charge is 2.37. The lowest BCUT2D eigenvalue weighted by molar-refractivity contribution is -0.142. The predicted molar refractivity (Wildman–Crippen MR) is 142 cm³/mol. The molecule has 0 saturated carbocycles. The van der Waals surface area contributed by atoms with Crippen LogP contribution in [0.3, 0.4) is 0 Å². The molecule has 3 N–H and O–H groups in total. The first-order valence-corrected chi connectivity index (χ1v) is 13.6. The molecule has 3 amide bonds. The lowest BCUT2D eigenvalue weighted by atomic mass is 9.98. The number of ether oxygens (including phenoxy) is 1. The number of benzene rings is 1. The van der Waals surface area contributed by atoms with Gasteiger partial charge in [-0.25, -0.2) is 4.79 Å². The van der Waals surface area contributed by atoms with E-state index in [4.69, 9.17) is 4.74 Å². The molecule has 1 aromatic carbocycles. The van der Waals surface area contributed by atoms with Gasteiger partial charge in [0.05, 0.1) is 0 Å². The number of phenols is 1. The van der Waals surface area contributed by atoms with Crippen molar-refractivity contribution in [2.75, 3.05) is 18.6 Å². The molecule has 35 heavy (non-hydrogen) atoms. The highest BCUT2D eigenvalue weighted by atomic mass is 32.2. The summed E-state index contributed by atoms with van der Waals surface area (Å²) in [5.74, 6) is -0.160. The minimum absolute atomic E-state index is 0.0218.